The molecule has 0 aromatic heterocycles. The largest absolute Gasteiger partial charge is 0.157 e. The first-order chi connectivity index (χ1) is 7.88. The Bertz CT molecular complexity index is 141. The Balaban J connectivity index is 2.20. The van der Waals surface area contributed by atoms with E-state index in [4.69, 9.17) is 0 Å². The summed E-state index contributed by atoms with van der Waals surface area (Å²) < 4.78 is 0. The van der Waals surface area contributed by atoms with Crippen molar-refractivity contribution in [1.29, 1.82) is 0 Å². The van der Waals surface area contributed by atoms with Gasteiger partial charge in [0.15, 0.2) is 0 Å². The minimum atomic E-state index is 0.974. The van der Waals surface area contributed by atoms with Crippen LogP contribution in [0, 0.1) is 0 Å². The van der Waals surface area contributed by atoms with Crippen molar-refractivity contribution in [2.45, 2.75) is 75.7 Å². The summed E-state index contributed by atoms with van der Waals surface area (Å²) >= 11 is 4.53. The summed E-state index contributed by atoms with van der Waals surface area (Å²) in [4.78, 5) is 0. The molecule has 0 aromatic rings. The van der Waals surface area contributed by atoms with E-state index in [1.807, 2.05) is 0 Å². The second-order valence-corrected chi connectivity index (χ2v) is 7.50. The van der Waals surface area contributed by atoms with Gasteiger partial charge >= 0.3 is 0 Å². The number of unbranched alkanes of at least 4 members (excludes halogenated alkanes) is 2. The third-order valence-corrected chi connectivity index (χ3v) is 6.51. The van der Waals surface area contributed by atoms with E-state index < -0.39 is 0 Å². The number of hydrogen-bond donors (Lipinski definition) is 0. The zero-order chi connectivity index (χ0) is 11.6. The third-order valence-electron chi connectivity index (χ3n) is 3.30. The van der Waals surface area contributed by atoms with Gasteiger partial charge in [0, 0.05) is 10.5 Å². The standard InChI is InChI=1S/C14H28S2/c1-3-5-11-15-13-9-7-8-10-14(13)16-12-6-4-2/h13-14H,3-12H2,1-2H3. The van der Waals surface area contributed by atoms with E-state index in [1.54, 1.807) is 0 Å². The molecule has 0 aromatic carbocycles. The zero-order valence-corrected chi connectivity index (χ0v) is 12.7. The first kappa shape index (κ1) is 14.8. The highest BCUT2D eigenvalue weighted by atomic mass is 32.2. The number of thioether (sulfide) groups is 2. The van der Waals surface area contributed by atoms with Crippen LogP contribution in [0.4, 0.5) is 0 Å². The molecule has 0 saturated heterocycles. The van der Waals surface area contributed by atoms with Crippen molar-refractivity contribution in [3.05, 3.63) is 0 Å². The van der Waals surface area contributed by atoms with Crippen LogP contribution in [0.1, 0.15) is 65.2 Å². The summed E-state index contributed by atoms with van der Waals surface area (Å²) in [6, 6.07) is 0. The minimum absolute atomic E-state index is 0.974. The first-order valence-electron chi connectivity index (χ1n) is 7.11. The topological polar surface area (TPSA) is 0 Å². The number of rotatable bonds is 8. The molecule has 0 aliphatic heterocycles. The second kappa shape index (κ2) is 9.70. The van der Waals surface area contributed by atoms with Gasteiger partial charge in [0.25, 0.3) is 0 Å². The molecule has 0 nitrogen and oxygen atoms in total. The monoisotopic (exact) mass is 260 g/mol. The van der Waals surface area contributed by atoms with Crippen molar-refractivity contribution >= 4 is 23.5 Å². The predicted octanol–water partition coefficient (Wildman–Crippen LogP) is 5.36. The molecule has 16 heavy (non-hydrogen) atoms. The molecule has 2 atom stereocenters. The van der Waals surface area contributed by atoms with E-state index >= 15 is 0 Å². The van der Waals surface area contributed by atoms with Gasteiger partial charge in [0.1, 0.15) is 0 Å². The normalized spacial score (nSPS) is 25.9. The van der Waals surface area contributed by atoms with E-state index in [9.17, 15) is 0 Å². The van der Waals surface area contributed by atoms with E-state index in [2.05, 4.69) is 37.4 Å². The second-order valence-electron chi connectivity index (χ2n) is 4.81. The van der Waals surface area contributed by atoms with Crippen LogP contribution in [0.2, 0.25) is 0 Å². The summed E-state index contributed by atoms with van der Waals surface area (Å²) in [6.07, 6.45) is 11.5. The van der Waals surface area contributed by atoms with Crippen molar-refractivity contribution in [3.63, 3.8) is 0 Å². The molecule has 1 fully saturated rings. The molecule has 1 rings (SSSR count). The molecule has 0 bridgehead atoms. The quantitative estimate of drug-likeness (QED) is 0.539. The fraction of sp³-hybridized carbons (Fsp3) is 1.00. The van der Waals surface area contributed by atoms with Crippen molar-refractivity contribution in [2.75, 3.05) is 11.5 Å². The van der Waals surface area contributed by atoms with Crippen LogP contribution in [0.25, 0.3) is 0 Å². The van der Waals surface area contributed by atoms with Crippen molar-refractivity contribution in [3.8, 4) is 0 Å². The van der Waals surface area contributed by atoms with E-state index in [0.717, 1.165) is 10.5 Å². The highest BCUT2D eigenvalue weighted by Gasteiger charge is 2.25. The maximum Gasteiger partial charge on any atom is 0.0166 e. The van der Waals surface area contributed by atoms with Gasteiger partial charge in [-0.3, -0.25) is 0 Å². The zero-order valence-electron chi connectivity index (χ0n) is 11.0. The fourth-order valence-corrected chi connectivity index (χ4v) is 5.56. The molecule has 1 saturated carbocycles. The lowest BCUT2D eigenvalue weighted by atomic mass is 10.00. The van der Waals surface area contributed by atoms with Crippen LogP contribution in [0.15, 0.2) is 0 Å². The molecule has 0 heterocycles. The third kappa shape index (κ3) is 5.86. The Morgan fingerprint density at radius 2 is 1.25 bits per heavy atom. The molecule has 0 radical (unpaired) electrons. The van der Waals surface area contributed by atoms with Crippen molar-refractivity contribution in [1.82, 2.24) is 0 Å². The van der Waals surface area contributed by atoms with Crippen LogP contribution in [-0.2, 0) is 0 Å². The van der Waals surface area contributed by atoms with Gasteiger partial charge in [-0.1, -0.05) is 39.5 Å². The highest BCUT2D eigenvalue weighted by molar-refractivity contribution is 8.03. The lowest BCUT2D eigenvalue weighted by molar-refractivity contribution is 0.527. The molecule has 2 unspecified atom stereocenters. The fourth-order valence-electron chi connectivity index (χ4n) is 2.20. The van der Waals surface area contributed by atoms with Gasteiger partial charge in [0.2, 0.25) is 0 Å². The summed E-state index contributed by atoms with van der Waals surface area (Å²) in [6.45, 7) is 4.60. The van der Waals surface area contributed by atoms with Gasteiger partial charge in [-0.25, -0.2) is 0 Å². The Hall–Kier alpha value is 0.700. The Morgan fingerprint density at radius 3 is 1.62 bits per heavy atom. The summed E-state index contributed by atoms with van der Waals surface area (Å²) in [5.41, 5.74) is 0. The Kier molecular flexibility index (Phi) is 8.95. The lowest BCUT2D eigenvalue weighted by Gasteiger charge is -2.30. The molecule has 96 valence electrons. The van der Waals surface area contributed by atoms with E-state index in [0.29, 0.717) is 0 Å². The summed E-state index contributed by atoms with van der Waals surface area (Å²) in [5.74, 6) is 2.79. The van der Waals surface area contributed by atoms with Crippen LogP contribution in [0.5, 0.6) is 0 Å². The van der Waals surface area contributed by atoms with Gasteiger partial charge in [-0.2, -0.15) is 23.5 Å². The van der Waals surface area contributed by atoms with Gasteiger partial charge in [-0.05, 0) is 37.2 Å². The molecule has 0 N–H and O–H groups in total. The lowest BCUT2D eigenvalue weighted by Crippen LogP contribution is -2.25. The van der Waals surface area contributed by atoms with Crippen LogP contribution in [0.3, 0.4) is 0 Å². The average molecular weight is 261 g/mol. The molecule has 0 spiro atoms. The van der Waals surface area contributed by atoms with Crippen molar-refractivity contribution in [2.24, 2.45) is 0 Å². The predicted molar refractivity (Wildman–Crippen MR) is 80.8 cm³/mol. The first-order valence-corrected chi connectivity index (χ1v) is 9.21. The minimum Gasteiger partial charge on any atom is -0.157 e. The highest BCUT2D eigenvalue weighted by Crippen LogP contribution is 2.36. The maximum atomic E-state index is 2.30. The van der Waals surface area contributed by atoms with Gasteiger partial charge < -0.3 is 0 Å². The summed E-state index contributed by atoms with van der Waals surface area (Å²) in [7, 11) is 0. The molecular formula is C14H28S2. The summed E-state index contributed by atoms with van der Waals surface area (Å²) in [5, 5.41) is 1.95. The Labute approximate surface area is 111 Å². The molecule has 2 heteroatoms. The molecule has 1 aliphatic rings. The smallest absolute Gasteiger partial charge is 0.0166 e. The van der Waals surface area contributed by atoms with E-state index in [-0.39, 0.29) is 0 Å². The molecule has 1 aliphatic carbocycles. The van der Waals surface area contributed by atoms with Crippen LogP contribution in [-0.4, -0.2) is 22.0 Å². The van der Waals surface area contributed by atoms with Gasteiger partial charge in [-0.15, -0.1) is 0 Å². The SMILES string of the molecule is CCCCSC1CCCCC1SCCCC. The van der Waals surface area contributed by atoms with Crippen LogP contribution < -0.4 is 0 Å². The average Bonchev–Trinajstić information content (AvgIpc) is 2.32. The van der Waals surface area contributed by atoms with Crippen molar-refractivity contribution < 1.29 is 0 Å². The molecule has 0 amide bonds. The number of hydrogen-bond acceptors (Lipinski definition) is 2. The van der Waals surface area contributed by atoms with E-state index in [1.165, 1.54) is 62.9 Å². The maximum absolute atomic E-state index is 2.30. The van der Waals surface area contributed by atoms with Crippen LogP contribution >= 0.6 is 23.5 Å². The Morgan fingerprint density at radius 1 is 0.812 bits per heavy atom. The van der Waals surface area contributed by atoms with Gasteiger partial charge in [0.05, 0.1) is 0 Å². The molecular weight excluding hydrogens is 232 g/mol.